The topological polar surface area (TPSA) is 81.8 Å². The molecule has 4 rings (SSSR count). The fourth-order valence-corrected chi connectivity index (χ4v) is 6.11. The van der Waals surface area contributed by atoms with Crippen molar-refractivity contribution >= 4 is 46.1 Å². The van der Waals surface area contributed by atoms with Gasteiger partial charge in [-0.3, -0.25) is 19.1 Å². The highest BCUT2D eigenvalue weighted by Gasteiger charge is 2.33. The number of aromatic nitrogens is 1. The molecule has 1 aromatic carbocycles. The first-order valence-electron chi connectivity index (χ1n) is 12.9. The number of anilines is 1. The lowest BCUT2D eigenvalue weighted by molar-refractivity contribution is -0.122. The average molecular weight is 552 g/mol. The van der Waals surface area contributed by atoms with Crippen LogP contribution in [0.2, 0.25) is 0 Å². The maximum absolute atomic E-state index is 13.5. The van der Waals surface area contributed by atoms with Gasteiger partial charge in [0.05, 0.1) is 18.6 Å². The molecule has 1 amide bonds. The molecule has 2 fully saturated rings. The first kappa shape index (κ1) is 27.9. The van der Waals surface area contributed by atoms with Gasteiger partial charge in [-0.2, -0.15) is 5.26 Å². The molecular formula is C28H33N5O3S2. The summed E-state index contributed by atoms with van der Waals surface area (Å²) in [6.45, 7) is 11.1. The van der Waals surface area contributed by atoms with Crippen molar-refractivity contribution in [3.63, 3.8) is 0 Å². The Labute approximate surface area is 233 Å². The molecule has 200 valence electrons. The van der Waals surface area contributed by atoms with Gasteiger partial charge in [0.1, 0.15) is 27.5 Å². The van der Waals surface area contributed by atoms with Crippen molar-refractivity contribution in [1.82, 2.24) is 14.4 Å². The zero-order valence-electron chi connectivity index (χ0n) is 22.3. The second-order valence-corrected chi connectivity index (χ2v) is 11.0. The summed E-state index contributed by atoms with van der Waals surface area (Å²) in [5.74, 6) is 1.35. The Balaban J connectivity index is 1.76. The van der Waals surface area contributed by atoms with Gasteiger partial charge in [0, 0.05) is 38.3 Å². The Morgan fingerprint density at radius 3 is 2.39 bits per heavy atom. The Kier molecular flexibility index (Phi) is 8.92. The van der Waals surface area contributed by atoms with E-state index in [1.807, 2.05) is 37.3 Å². The third-order valence-electron chi connectivity index (χ3n) is 7.06. The van der Waals surface area contributed by atoms with Crippen molar-refractivity contribution in [3.8, 4) is 11.8 Å². The second kappa shape index (κ2) is 12.2. The number of carbonyl (C=O) groups is 1. The van der Waals surface area contributed by atoms with Crippen LogP contribution in [0.3, 0.4) is 0 Å². The van der Waals surface area contributed by atoms with E-state index in [1.165, 1.54) is 11.8 Å². The highest BCUT2D eigenvalue weighted by atomic mass is 32.2. The number of carbonyl (C=O) groups excluding carboxylic acids is 1. The molecule has 3 heterocycles. The number of hydrogen-bond donors (Lipinski definition) is 0. The molecule has 0 N–H and O–H groups in total. The molecule has 2 aliphatic rings. The number of methoxy groups -OCH3 is 1. The van der Waals surface area contributed by atoms with Crippen LogP contribution >= 0.6 is 24.0 Å². The molecular weight excluding hydrogens is 518 g/mol. The van der Waals surface area contributed by atoms with Gasteiger partial charge in [0.25, 0.3) is 11.5 Å². The zero-order valence-corrected chi connectivity index (χ0v) is 24.0. The van der Waals surface area contributed by atoms with E-state index in [4.69, 9.17) is 17.0 Å². The van der Waals surface area contributed by atoms with Crippen LogP contribution in [0, 0.1) is 18.3 Å². The van der Waals surface area contributed by atoms with Crippen LogP contribution in [0.15, 0.2) is 34.0 Å². The van der Waals surface area contributed by atoms with Gasteiger partial charge < -0.3 is 14.5 Å². The van der Waals surface area contributed by atoms with Crippen molar-refractivity contribution in [2.75, 3.05) is 44.7 Å². The first-order valence-corrected chi connectivity index (χ1v) is 14.1. The number of benzene rings is 1. The molecule has 38 heavy (non-hydrogen) atoms. The lowest BCUT2D eigenvalue weighted by Gasteiger charge is -2.37. The summed E-state index contributed by atoms with van der Waals surface area (Å²) in [5.41, 5.74) is 2.12. The number of likely N-dealkylation sites (N-methyl/N-ethyl adjacent to an activating group) is 1. The normalized spacial score (nSPS) is 17.4. The van der Waals surface area contributed by atoms with Crippen molar-refractivity contribution in [3.05, 3.63) is 61.8 Å². The van der Waals surface area contributed by atoms with E-state index < -0.39 is 0 Å². The maximum Gasteiger partial charge on any atom is 0.270 e. The summed E-state index contributed by atoms with van der Waals surface area (Å²) >= 11 is 6.85. The predicted molar refractivity (Wildman–Crippen MR) is 156 cm³/mol. The molecule has 8 nitrogen and oxygen atoms in total. The Bertz CT molecular complexity index is 1350. The number of hydrogen-bond acceptors (Lipinski definition) is 8. The zero-order chi connectivity index (χ0) is 27.4. The fourth-order valence-electron chi connectivity index (χ4n) is 4.87. The molecule has 0 bridgehead atoms. The number of pyridine rings is 1. The number of nitriles is 1. The van der Waals surface area contributed by atoms with Crippen LogP contribution in [-0.2, 0) is 17.9 Å². The Morgan fingerprint density at radius 1 is 1.13 bits per heavy atom. The van der Waals surface area contributed by atoms with Crippen molar-refractivity contribution in [2.45, 2.75) is 40.3 Å². The number of rotatable bonds is 8. The molecule has 2 aromatic rings. The standard InChI is InChI=1S/C28H33N5O3S2/c1-5-11-32-25(31-14-12-30(6-2)13-15-31)22(19(3)23(17-29)26(32)34)16-24-27(35)33(28(37)38-24)18-20-7-9-21(36-4)10-8-20/h7-10,16H,5-6,11-15,18H2,1-4H3/b24-16+. The molecule has 2 aliphatic heterocycles. The fraction of sp³-hybridized carbons (Fsp3) is 0.429. The summed E-state index contributed by atoms with van der Waals surface area (Å²) in [7, 11) is 1.61. The summed E-state index contributed by atoms with van der Waals surface area (Å²) in [6.07, 6.45) is 2.58. The van der Waals surface area contributed by atoms with Crippen LogP contribution in [0.5, 0.6) is 5.75 Å². The Hall–Kier alpha value is -3.13. The van der Waals surface area contributed by atoms with E-state index in [0.717, 1.165) is 61.8 Å². The van der Waals surface area contributed by atoms with Crippen LogP contribution in [0.25, 0.3) is 6.08 Å². The van der Waals surface area contributed by atoms with Crippen LogP contribution < -0.4 is 15.2 Å². The summed E-state index contributed by atoms with van der Waals surface area (Å²) in [6, 6.07) is 9.67. The van der Waals surface area contributed by atoms with E-state index in [-0.39, 0.29) is 17.0 Å². The molecule has 0 unspecified atom stereocenters. The van der Waals surface area contributed by atoms with Crippen molar-refractivity contribution in [2.24, 2.45) is 0 Å². The lowest BCUT2D eigenvalue weighted by Crippen LogP contribution is -2.48. The van der Waals surface area contributed by atoms with E-state index in [0.29, 0.717) is 27.9 Å². The van der Waals surface area contributed by atoms with Crippen LogP contribution in [0.1, 0.15) is 42.5 Å². The first-order chi connectivity index (χ1) is 18.3. The minimum atomic E-state index is -0.274. The monoisotopic (exact) mass is 551 g/mol. The summed E-state index contributed by atoms with van der Waals surface area (Å²) in [5, 5.41) is 9.87. The number of thioether (sulfide) groups is 1. The predicted octanol–water partition coefficient (Wildman–Crippen LogP) is 3.99. The minimum absolute atomic E-state index is 0.120. The van der Waals surface area contributed by atoms with E-state index >= 15 is 0 Å². The van der Waals surface area contributed by atoms with Crippen molar-refractivity contribution in [1.29, 1.82) is 5.26 Å². The third kappa shape index (κ3) is 5.51. The quantitative estimate of drug-likeness (QED) is 0.360. The van der Waals surface area contributed by atoms with Gasteiger partial charge in [-0.15, -0.1) is 0 Å². The van der Waals surface area contributed by atoms with Crippen LogP contribution in [-0.4, -0.2) is 64.4 Å². The lowest BCUT2D eigenvalue weighted by atomic mass is 10.0. The number of amides is 1. The molecule has 0 radical (unpaired) electrons. The van der Waals surface area contributed by atoms with Crippen molar-refractivity contribution < 1.29 is 9.53 Å². The molecule has 0 atom stereocenters. The molecule has 10 heteroatoms. The van der Waals surface area contributed by atoms with Gasteiger partial charge in [-0.05, 0) is 49.2 Å². The highest BCUT2D eigenvalue weighted by Crippen LogP contribution is 2.37. The minimum Gasteiger partial charge on any atom is -0.497 e. The molecule has 0 saturated carbocycles. The summed E-state index contributed by atoms with van der Waals surface area (Å²) < 4.78 is 7.43. The van der Waals surface area contributed by atoms with Gasteiger partial charge in [-0.25, -0.2) is 0 Å². The average Bonchev–Trinajstić information content (AvgIpc) is 3.19. The van der Waals surface area contributed by atoms with E-state index in [2.05, 4.69) is 22.8 Å². The van der Waals surface area contributed by atoms with Gasteiger partial charge >= 0.3 is 0 Å². The van der Waals surface area contributed by atoms with Gasteiger partial charge in [-0.1, -0.05) is 50.0 Å². The van der Waals surface area contributed by atoms with E-state index in [9.17, 15) is 14.9 Å². The molecule has 2 saturated heterocycles. The number of thiocarbonyl (C=S) groups is 1. The smallest absolute Gasteiger partial charge is 0.270 e. The van der Waals surface area contributed by atoms with Crippen LogP contribution in [0.4, 0.5) is 5.82 Å². The number of piperazine rings is 1. The SMILES string of the molecule is CCCn1c(N2CCN(CC)CC2)c(/C=C2/SC(=S)N(Cc3ccc(OC)cc3)C2=O)c(C)c(C#N)c1=O. The number of ether oxygens (including phenoxy) is 1. The van der Waals surface area contributed by atoms with Gasteiger partial charge in [0.15, 0.2) is 0 Å². The van der Waals surface area contributed by atoms with Gasteiger partial charge in [0.2, 0.25) is 0 Å². The third-order valence-corrected chi connectivity index (χ3v) is 8.44. The second-order valence-electron chi connectivity index (χ2n) is 9.34. The largest absolute Gasteiger partial charge is 0.497 e. The maximum atomic E-state index is 13.5. The summed E-state index contributed by atoms with van der Waals surface area (Å²) in [4.78, 5) is 33.6. The highest BCUT2D eigenvalue weighted by molar-refractivity contribution is 8.26. The molecule has 0 aliphatic carbocycles. The Morgan fingerprint density at radius 2 is 1.82 bits per heavy atom. The van der Waals surface area contributed by atoms with E-state index in [1.54, 1.807) is 23.5 Å². The molecule has 1 aromatic heterocycles. The molecule has 0 spiro atoms. The number of nitrogens with zero attached hydrogens (tertiary/aromatic N) is 5.